The minimum absolute atomic E-state index is 0.804. The molecule has 2 aliphatic carbocycles. The molecule has 3 rings (SSSR count). The molecule has 0 amide bonds. The number of benzene rings is 1. The summed E-state index contributed by atoms with van der Waals surface area (Å²) >= 11 is 0. The number of rotatable bonds is 11. The summed E-state index contributed by atoms with van der Waals surface area (Å²) in [6.07, 6.45) is 25.6. The molecule has 0 radical (unpaired) electrons. The Hall–Kier alpha value is -1.55. The number of nitriles is 1. The van der Waals surface area contributed by atoms with Crippen LogP contribution in [0.4, 0.5) is 0 Å². The molecule has 0 saturated heterocycles. The second-order valence-corrected chi connectivity index (χ2v) is 10.4. The summed E-state index contributed by atoms with van der Waals surface area (Å²) in [7, 11) is 0. The maximum atomic E-state index is 8.60. The van der Waals surface area contributed by atoms with Crippen LogP contribution >= 0.6 is 0 Å². The molecule has 2 fully saturated rings. The van der Waals surface area contributed by atoms with E-state index in [4.69, 9.17) is 5.26 Å². The van der Waals surface area contributed by atoms with Crippen molar-refractivity contribution in [2.75, 3.05) is 0 Å². The minimum atomic E-state index is 0.804. The average molecular weight is 420 g/mol. The van der Waals surface area contributed by atoms with Crippen molar-refractivity contribution in [2.45, 2.75) is 116 Å². The molecule has 0 aromatic heterocycles. The van der Waals surface area contributed by atoms with Gasteiger partial charge in [-0.3, -0.25) is 0 Å². The molecular weight excluding hydrogens is 374 g/mol. The van der Waals surface area contributed by atoms with E-state index in [0.717, 1.165) is 30.1 Å². The first-order chi connectivity index (χ1) is 15.3. The van der Waals surface area contributed by atoms with Gasteiger partial charge in [0.2, 0.25) is 0 Å². The van der Waals surface area contributed by atoms with E-state index in [1.165, 1.54) is 102 Å². The zero-order chi connectivity index (χ0) is 21.7. The van der Waals surface area contributed by atoms with Gasteiger partial charge in [-0.05, 0) is 99.0 Å². The van der Waals surface area contributed by atoms with Crippen LogP contribution in [0.15, 0.2) is 36.4 Å². The summed E-state index contributed by atoms with van der Waals surface area (Å²) in [6.45, 7) is 2.29. The second-order valence-electron chi connectivity index (χ2n) is 10.4. The lowest BCUT2D eigenvalue weighted by atomic mass is 9.68. The third-order valence-electron chi connectivity index (χ3n) is 8.28. The van der Waals surface area contributed by atoms with Crippen LogP contribution in [-0.2, 0) is 6.42 Å². The zero-order valence-corrected chi connectivity index (χ0v) is 20.0. The quantitative estimate of drug-likeness (QED) is 0.259. The second kappa shape index (κ2) is 13.8. The fourth-order valence-corrected chi connectivity index (χ4v) is 6.23. The highest BCUT2D eigenvalue weighted by molar-refractivity contribution is 5.26. The Bertz CT molecular complexity index is 663. The summed E-state index contributed by atoms with van der Waals surface area (Å²) in [6, 6.07) is 11.8. The molecule has 1 aromatic carbocycles. The normalized spacial score (nSPS) is 26.7. The Labute approximate surface area is 192 Å². The predicted molar refractivity (Wildman–Crippen MR) is 133 cm³/mol. The Balaban J connectivity index is 1.34. The molecule has 0 N–H and O–H groups in total. The molecule has 0 heterocycles. The highest BCUT2D eigenvalue weighted by atomic mass is 14.4. The topological polar surface area (TPSA) is 23.8 Å². The number of hydrogen-bond acceptors (Lipinski definition) is 1. The summed E-state index contributed by atoms with van der Waals surface area (Å²) < 4.78 is 0. The maximum absolute atomic E-state index is 8.60. The van der Waals surface area contributed by atoms with Gasteiger partial charge in [0.1, 0.15) is 0 Å². The molecule has 0 unspecified atom stereocenters. The van der Waals surface area contributed by atoms with Crippen LogP contribution in [0.1, 0.15) is 120 Å². The number of nitrogens with zero attached hydrogens (tertiary/aromatic N) is 1. The molecule has 1 aromatic rings. The van der Waals surface area contributed by atoms with Crippen LogP contribution in [0.3, 0.4) is 0 Å². The Kier molecular flexibility index (Phi) is 10.7. The van der Waals surface area contributed by atoms with E-state index in [1.54, 1.807) is 11.6 Å². The molecular formula is C30H45N. The van der Waals surface area contributed by atoms with Crippen molar-refractivity contribution in [1.29, 1.82) is 5.26 Å². The Morgan fingerprint density at radius 1 is 0.839 bits per heavy atom. The average Bonchev–Trinajstić information content (AvgIpc) is 2.83. The lowest BCUT2D eigenvalue weighted by Crippen LogP contribution is -2.25. The monoisotopic (exact) mass is 419 g/mol. The van der Waals surface area contributed by atoms with Crippen LogP contribution in [0, 0.1) is 29.1 Å². The number of hydrogen-bond donors (Lipinski definition) is 0. The van der Waals surface area contributed by atoms with Crippen molar-refractivity contribution in [3.05, 3.63) is 47.5 Å². The van der Waals surface area contributed by atoms with Crippen LogP contribution in [0.5, 0.6) is 0 Å². The summed E-state index contributed by atoms with van der Waals surface area (Å²) in [5.41, 5.74) is 3.14. The molecule has 0 spiro atoms. The number of allylic oxidation sites excluding steroid dienone is 2. The van der Waals surface area contributed by atoms with Gasteiger partial charge < -0.3 is 0 Å². The number of aryl methyl sites for hydroxylation is 1. The summed E-state index contributed by atoms with van der Waals surface area (Å²) in [5.74, 6) is 3.68. The first kappa shape index (κ1) is 24.1. The van der Waals surface area contributed by atoms with E-state index in [2.05, 4.69) is 37.3 Å². The fraction of sp³-hybridized carbons (Fsp3) is 0.700. The summed E-state index contributed by atoms with van der Waals surface area (Å²) in [5, 5.41) is 8.60. The molecule has 0 bridgehead atoms. The van der Waals surface area contributed by atoms with Gasteiger partial charge in [-0.25, -0.2) is 0 Å². The van der Waals surface area contributed by atoms with Crippen molar-refractivity contribution in [3.8, 4) is 6.07 Å². The van der Waals surface area contributed by atoms with E-state index in [0.29, 0.717) is 0 Å². The SMILES string of the molecule is CCCCCCCc1ccc(C2CCC(C3CCC(CC/C=C/C#N)CC3)CC2)cc1. The molecule has 1 heteroatoms. The van der Waals surface area contributed by atoms with Crippen molar-refractivity contribution >= 4 is 0 Å². The van der Waals surface area contributed by atoms with E-state index in [1.807, 2.05) is 6.08 Å². The van der Waals surface area contributed by atoms with Gasteiger partial charge in [0.15, 0.2) is 0 Å². The third-order valence-corrected chi connectivity index (χ3v) is 8.28. The van der Waals surface area contributed by atoms with E-state index in [9.17, 15) is 0 Å². The van der Waals surface area contributed by atoms with Gasteiger partial charge in [-0.15, -0.1) is 0 Å². The zero-order valence-electron chi connectivity index (χ0n) is 20.0. The molecule has 0 atom stereocenters. The molecule has 31 heavy (non-hydrogen) atoms. The van der Waals surface area contributed by atoms with Gasteiger partial charge >= 0.3 is 0 Å². The van der Waals surface area contributed by atoms with E-state index < -0.39 is 0 Å². The highest BCUT2D eigenvalue weighted by Gasteiger charge is 2.31. The van der Waals surface area contributed by atoms with E-state index in [-0.39, 0.29) is 0 Å². The van der Waals surface area contributed by atoms with Crippen molar-refractivity contribution < 1.29 is 0 Å². The first-order valence-corrected chi connectivity index (χ1v) is 13.4. The summed E-state index contributed by atoms with van der Waals surface area (Å²) in [4.78, 5) is 0. The van der Waals surface area contributed by atoms with Gasteiger partial charge in [-0.2, -0.15) is 5.26 Å². The first-order valence-electron chi connectivity index (χ1n) is 13.4. The molecule has 1 nitrogen and oxygen atoms in total. The molecule has 0 aliphatic heterocycles. The van der Waals surface area contributed by atoms with Gasteiger partial charge in [0.25, 0.3) is 0 Å². The van der Waals surface area contributed by atoms with Crippen molar-refractivity contribution in [3.63, 3.8) is 0 Å². The van der Waals surface area contributed by atoms with Gasteiger partial charge in [0, 0.05) is 6.08 Å². The van der Waals surface area contributed by atoms with Crippen LogP contribution in [0.2, 0.25) is 0 Å². The van der Waals surface area contributed by atoms with Crippen molar-refractivity contribution in [1.82, 2.24) is 0 Å². The Morgan fingerprint density at radius 3 is 2.13 bits per heavy atom. The van der Waals surface area contributed by atoms with Crippen LogP contribution < -0.4 is 0 Å². The molecule has 170 valence electrons. The highest BCUT2D eigenvalue weighted by Crippen LogP contribution is 2.44. The van der Waals surface area contributed by atoms with Crippen molar-refractivity contribution in [2.24, 2.45) is 17.8 Å². The van der Waals surface area contributed by atoms with E-state index >= 15 is 0 Å². The maximum Gasteiger partial charge on any atom is 0.0908 e. The fourth-order valence-electron chi connectivity index (χ4n) is 6.23. The van der Waals surface area contributed by atoms with Gasteiger partial charge in [-0.1, -0.05) is 75.8 Å². The molecule has 2 aliphatic rings. The largest absolute Gasteiger partial charge is 0.193 e. The molecule has 2 saturated carbocycles. The number of unbranched alkanes of at least 4 members (excludes halogenated alkanes) is 4. The predicted octanol–water partition coefficient (Wildman–Crippen LogP) is 9.14. The third kappa shape index (κ3) is 8.14. The minimum Gasteiger partial charge on any atom is -0.193 e. The Morgan fingerprint density at radius 2 is 1.48 bits per heavy atom. The van der Waals surface area contributed by atoms with Crippen LogP contribution in [-0.4, -0.2) is 0 Å². The lowest BCUT2D eigenvalue weighted by molar-refractivity contribution is 0.157. The standard InChI is InChI=1S/C30H45N/c1-2-3-4-5-7-10-25-12-16-27(17-13-25)29-20-22-30(23-21-29)28-18-14-26(15-19-28)11-8-6-9-24-31/h6,9,12-13,16-17,26,28-30H,2-5,7-8,10-11,14-15,18-23H2,1H3/b9-6+. The lowest BCUT2D eigenvalue weighted by Gasteiger charge is -2.38. The van der Waals surface area contributed by atoms with Crippen LogP contribution in [0.25, 0.3) is 0 Å². The smallest absolute Gasteiger partial charge is 0.0908 e. The van der Waals surface area contributed by atoms with Gasteiger partial charge in [0.05, 0.1) is 6.07 Å².